The number of aryl methyl sites for hydroxylation is 1. The number of carbonyl (C=O) groups is 2. The molecule has 0 fully saturated rings. The standard InChI is InChI=1S/C15H20NO5P/c16-13(17)9-8-12(14(18)19)15(20,22-21)10-4-7-11-5-2-1-3-6-11/h1-3,5-6,12,20H,4,7-10H2,(H2,16,17)(H,18,19)/p+1. The number of rotatable bonds is 10. The highest BCUT2D eigenvalue weighted by Crippen LogP contribution is 2.37. The second-order valence-electron chi connectivity index (χ2n) is 5.26. The van der Waals surface area contributed by atoms with Gasteiger partial charge in [0.1, 0.15) is 5.92 Å². The molecule has 0 radical (unpaired) electrons. The summed E-state index contributed by atoms with van der Waals surface area (Å²) < 4.78 is 11.4. The molecule has 120 valence electrons. The molecule has 7 heteroatoms. The van der Waals surface area contributed by atoms with E-state index in [2.05, 4.69) is 0 Å². The van der Waals surface area contributed by atoms with Gasteiger partial charge in [-0.25, -0.2) is 0 Å². The van der Waals surface area contributed by atoms with Crippen LogP contribution in [0.15, 0.2) is 30.3 Å². The number of carboxylic acid groups (broad SMARTS) is 1. The smallest absolute Gasteiger partial charge is 0.360 e. The number of carbonyl (C=O) groups excluding carboxylic acids is 1. The SMILES string of the molecule is NC(=O)CCC(C(=O)O)C(O)(CCCc1ccccc1)[PH+]=O. The Balaban J connectivity index is 2.68. The van der Waals surface area contributed by atoms with Crippen LogP contribution < -0.4 is 5.73 Å². The molecule has 22 heavy (non-hydrogen) atoms. The van der Waals surface area contributed by atoms with Gasteiger partial charge in [-0.3, -0.25) is 9.59 Å². The maximum atomic E-state index is 11.4. The van der Waals surface area contributed by atoms with Crippen molar-refractivity contribution in [3.05, 3.63) is 35.9 Å². The van der Waals surface area contributed by atoms with Crippen LogP contribution >= 0.6 is 8.46 Å². The van der Waals surface area contributed by atoms with Crippen molar-refractivity contribution in [1.29, 1.82) is 0 Å². The molecule has 1 aromatic rings. The van der Waals surface area contributed by atoms with Crippen LogP contribution in [0.25, 0.3) is 0 Å². The van der Waals surface area contributed by atoms with Crippen LogP contribution in [0, 0.1) is 5.92 Å². The molecule has 0 aromatic heterocycles. The summed E-state index contributed by atoms with van der Waals surface area (Å²) in [5.74, 6) is -3.19. The lowest BCUT2D eigenvalue weighted by molar-refractivity contribution is -0.148. The number of hydrogen-bond donors (Lipinski definition) is 3. The molecule has 3 unspecified atom stereocenters. The first-order chi connectivity index (χ1) is 10.4. The van der Waals surface area contributed by atoms with Gasteiger partial charge in [0.15, 0.2) is 0 Å². The molecule has 1 aromatic carbocycles. The number of hydrogen-bond acceptors (Lipinski definition) is 4. The third-order valence-electron chi connectivity index (χ3n) is 3.60. The quantitative estimate of drug-likeness (QED) is 0.565. The van der Waals surface area contributed by atoms with Crippen LogP contribution in [0.3, 0.4) is 0 Å². The Bertz CT molecular complexity index is 522. The predicted molar refractivity (Wildman–Crippen MR) is 82.9 cm³/mol. The lowest BCUT2D eigenvalue weighted by Gasteiger charge is -2.21. The van der Waals surface area contributed by atoms with E-state index in [0.717, 1.165) is 5.56 Å². The van der Waals surface area contributed by atoms with Crippen LogP contribution in [0.5, 0.6) is 0 Å². The third kappa shape index (κ3) is 5.54. The summed E-state index contributed by atoms with van der Waals surface area (Å²) in [7, 11) is -1.18. The summed E-state index contributed by atoms with van der Waals surface area (Å²) in [6.07, 6.45) is 0.940. The Morgan fingerprint density at radius 3 is 2.41 bits per heavy atom. The van der Waals surface area contributed by atoms with Crippen LogP contribution in [-0.4, -0.2) is 27.4 Å². The second-order valence-corrected chi connectivity index (χ2v) is 6.33. The summed E-state index contributed by atoms with van der Waals surface area (Å²) in [6, 6.07) is 9.54. The number of nitrogens with two attached hydrogens (primary N) is 1. The van der Waals surface area contributed by atoms with Crippen molar-refractivity contribution in [2.45, 2.75) is 37.4 Å². The van der Waals surface area contributed by atoms with Gasteiger partial charge in [0, 0.05) is 12.8 Å². The van der Waals surface area contributed by atoms with E-state index < -0.39 is 31.6 Å². The minimum absolute atomic E-state index is 0.0829. The minimum Gasteiger partial charge on any atom is -0.481 e. The Morgan fingerprint density at radius 2 is 1.91 bits per heavy atom. The van der Waals surface area contributed by atoms with E-state index in [1.54, 1.807) is 0 Å². The van der Waals surface area contributed by atoms with E-state index in [1.807, 2.05) is 30.3 Å². The normalized spacial score (nSPS) is 15.1. The highest BCUT2D eigenvalue weighted by Gasteiger charge is 2.48. The highest BCUT2D eigenvalue weighted by molar-refractivity contribution is 7.25. The van der Waals surface area contributed by atoms with E-state index in [-0.39, 0.29) is 19.3 Å². The van der Waals surface area contributed by atoms with E-state index in [0.29, 0.717) is 12.8 Å². The fourth-order valence-corrected chi connectivity index (χ4v) is 3.05. The van der Waals surface area contributed by atoms with Crippen LogP contribution in [0.4, 0.5) is 0 Å². The first-order valence-electron chi connectivity index (χ1n) is 7.06. The van der Waals surface area contributed by atoms with Gasteiger partial charge >= 0.3 is 14.4 Å². The minimum atomic E-state index is -1.84. The number of amides is 1. The van der Waals surface area contributed by atoms with Gasteiger partial charge in [0.25, 0.3) is 5.34 Å². The van der Waals surface area contributed by atoms with Crippen molar-refractivity contribution in [3.8, 4) is 0 Å². The summed E-state index contributed by atoms with van der Waals surface area (Å²) in [5, 5.41) is 17.8. The van der Waals surface area contributed by atoms with Crippen molar-refractivity contribution in [2.24, 2.45) is 11.7 Å². The van der Waals surface area contributed by atoms with Gasteiger partial charge in [-0.05, 0) is 24.8 Å². The molecular formula is C15H21NO5P+. The third-order valence-corrected chi connectivity index (χ3v) is 4.55. The molecule has 1 amide bonds. The van der Waals surface area contributed by atoms with Gasteiger partial charge in [0.05, 0.1) is 0 Å². The van der Waals surface area contributed by atoms with E-state index in [9.17, 15) is 24.4 Å². The lowest BCUT2D eigenvalue weighted by Crippen LogP contribution is -2.38. The average molecular weight is 326 g/mol. The Morgan fingerprint density at radius 1 is 1.27 bits per heavy atom. The average Bonchev–Trinajstić information content (AvgIpc) is 2.47. The molecule has 6 nitrogen and oxygen atoms in total. The Kier molecular flexibility index (Phi) is 7.15. The van der Waals surface area contributed by atoms with Crippen molar-refractivity contribution >= 4 is 20.3 Å². The zero-order valence-electron chi connectivity index (χ0n) is 12.2. The van der Waals surface area contributed by atoms with E-state index in [1.165, 1.54) is 0 Å². The molecule has 0 heterocycles. The zero-order valence-corrected chi connectivity index (χ0v) is 13.2. The van der Waals surface area contributed by atoms with Crippen molar-refractivity contribution in [1.82, 2.24) is 0 Å². The summed E-state index contributed by atoms with van der Waals surface area (Å²) in [6.45, 7) is 0. The summed E-state index contributed by atoms with van der Waals surface area (Å²) in [5.41, 5.74) is 6.07. The van der Waals surface area contributed by atoms with Gasteiger partial charge in [-0.1, -0.05) is 34.9 Å². The monoisotopic (exact) mass is 326 g/mol. The maximum Gasteiger partial charge on any atom is 0.360 e. The molecular weight excluding hydrogens is 305 g/mol. The van der Waals surface area contributed by atoms with Crippen molar-refractivity contribution < 1.29 is 24.4 Å². The second kappa shape index (κ2) is 8.61. The Labute approximate surface area is 130 Å². The van der Waals surface area contributed by atoms with Crippen molar-refractivity contribution in [3.63, 3.8) is 0 Å². The molecule has 0 bridgehead atoms. The van der Waals surface area contributed by atoms with Crippen LogP contribution in [0.2, 0.25) is 0 Å². The summed E-state index contributed by atoms with van der Waals surface area (Å²) >= 11 is 0. The highest BCUT2D eigenvalue weighted by atomic mass is 31.1. The van der Waals surface area contributed by atoms with E-state index in [4.69, 9.17) is 5.73 Å². The molecule has 0 aliphatic carbocycles. The molecule has 4 N–H and O–H groups in total. The fraction of sp³-hybridized carbons (Fsp3) is 0.467. The first-order valence-corrected chi connectivity index (χ1v) is 7.96. The van der Waals surface area contributed by atoms with E-state index >= 15 is 0 Å². The molecule has 0 saturated carbocycles. The van der Waals surface area contributed by atoms with Crippen LogP contribution in [0.1, 0.15) is 31.2 Å². The number of primary amides is 1. The van der Waals surface area contributed by atoms with Gasteiger partial charge in [-0.2, -0.15) is 0 Å². The van der Waals surface area contributed by atoms with Gasteiger partial charge in [-0.15, -0.1) is 0 Å². The maximum absolute atomic E-state index is 11.4. The fourth-order valence-electron chi connectivity index (χ4n) is 2.36. The summed E-state index contributed by atoms with van der Waals surface area (Å²) in [4.78, 5) is 22.1. The molecule has 0 spiro atoms. The molecule has 0 saturated heterocycles. The number of carboxylic acids is 1. The lowest BCUT2D eigenvalue weighted by atomic mass is 9.91. The Hall–Kier alpha value is -1.78. The largest absolute Gasteiger partial charge is 0.481 e. The number of benzene rings is 1. The first kappa shape index (κ1) is 18.3. The molecule has 0 aliphatic heterocycles. The molecule has 0 aliphatic rings. The number of aliphatic carboxylic acids is 1. The predicted octanol–water partition coefficient (Wildman–Crippen LogP) is 1.69. The molecule has 1 rings (SSSR count). The number of aliphatic hydroxyl groups is 1. The zero-order chi connectivity index (χ0) is 16.6. The van der Waals surface area contributed by atoms with Crippen molar-refractivity contribution in [2.75, 3.05) is 0 Å². The van der Waals surface area contributed by atoms with Gasteiger partial charge in [0.2, 0.25) is 5.91 Å². The molecule has 3 atom stereocenters. The topological polar surface area (TPSA) is 118 Å². The van der Waals surface area contributed by atoms with Gasteiger partial charge < -0.3 is 15.9 Å². The van der Waals surface area contributed by atoms with Crippen LogP contribution in [-0.2, 0) is 20.6 Å².